The first-order chi connectivity index (χ1) is 7.51. The van der Waals surface area contributed by atoms with E-state index in [1.54, 1.807) is 0 Å². The van der Waals surface area contributed by atoms with Gasteiger partial charge in [0.2, 0.25) is 0 Å². The minimum atomic E-state index is -0.736. The number of carbonyl (C=O) groups excluding carboxylic acids is 2. The van der Waals surface area contributed by atoms with Crippen LogP contribution in [0.4, 0.5) is 5.69 Å². The van der Waals surface area contributed by atoms with E-state index in [0.29, 0.717) is 0 Å². The Morgan fingerprint density at radius 1 is 1.12 bits per heavy atom. The van der Waals surface area contributed by atoms with Crippen molar-refractivity contribution in [1.29, 1.82) is 0 Å². The number of esters is 2. The van der Waals surface area contributed by atoms with Crippen molar-refractivity contribution in [2.45, 2.75) is 0 Å². The van der Waals surface area contributed by atoms with Crippen LogP contribution in [0.15, 0.2) is 12.1 Å². The number of carbonyl (C=O) groups is 2. The van der Waals surface area contributed by atoms with Gasteiger partial charge in [-0.3, -0.25) is 0 Å². The second kappa shape index (κ2) is 4.52. The van der Waals surface area contributed by atoms with Crippen molar-refractivity contribution >= 4 is 17.6 Å². The van der Waals surface area contributed by atoms with Crippen LogP contribution in [0.3, 0.4) is 0 Å². The third-order valence-corrected chi connectivity index (χ3v) is 1.98. The second-order valence-electron chi connectivity index (χ2n) is 2.94. The Bertz CT molecular complexity index is 399. The molecule has 0 saturated heterocycles. The number of ether oxygens (including phenoxy) is 2. The van der Waals surface area contributed by atoms with Crippen LogP contribution in [0.25, 0.3) is 0 Å². The smallest absolute Gasteiger partial charge is 0.341 e. The first kappa shape index (κ1) is 11.8. The number of phenolic OH excluding ortho intramolecular Hbond substituents is 1. The third kappa shape index (κ3) is 2.05. The Kier molecular flexibility index (Phi) is 3.34. The molecular formula is C10H11NO5. The molecule has 0 aliphatic heterocycles. The van der Waals surface area contributed by atoms with Gasteiger partial charge in [0.05, 0.1) is 19.8 Å². The van der Waals surface area contributed by atoms with E-state index in [0.717, 1.165) is 12.1 Å². The summed E-state index contributed by atoms with van der Waals surface area (Å²) in [5.41, 5.74) is 5.46. The van der Waals surface area contributed by atoms with Gasteiger partial charge in [-0.25, -0.2) is 9.59 Å². The van der Waals surface area contributed by atoms with Gasteiger partial charge < -0.3 is 20.3 Å². The second-order valence-corrected chi connectivity index (χ2v) is 2.94. The number of aromatic hydroxyl groups is 1. The Morgan fingerprint density at radius 3 is 2.12 bits per heavy atom. The Labute approximate surface area is 91.6 Å². The predicted octanol–water partition coefficient (Wildman–Crippen LogP) is 0.548. The zero-order valence-electron chi connectivity index (χ0n) is 8.81. The fraction of sp³-hybridized carbons (Fsp3) is 0.200. The molecule has 1 aromatic rings. The highest BCUT2D eigenvalue weighted by molar-refractivity contribution is 6.00. The highest BCUT2D eigenvalue weighted by Crippen LogP contribution is 2.25. The van der Waals surface area contributed by atoms with E-state index in [4.69, 9.17) is 5.73 Å². The van der Waals surface area contributed by atoms with E-state index in [1.807, 2.05) is 0 Å². The minimum Gasteiger partial charge on any atom is -0.507 e. The number of hydrogen-bond donors (Lipinski definition) is 2. The van der Waals surface area contributed by atoms with Gasteiger partial charge in [-0.15, -0.1) is 0 Å². The predicted molar refractivity (Wildman–Crippen MR) is 55.2 cm³/mol. The molecule has 0 aliphatic rings. The summed E-state index contributed by atoms with van der Waals surface area (Å²) in [6, 6.07) is 2.22. The zero-order chi connectivity index (χ0) is 12.3. The van der Waals surface area contributed by atoms with Crippen molar-refractivity contribution in [3.05, 3.63) is 23.3 Å². The van der Waals surface area contributed by atoms with Gasteiger partial charge in [0, 0.05) is 5.69 Å². The molecule has 0 aromatic heterocycles. The Morgan fingerprint density at radius 2 is 1.62 bits per heavy atom. The summed E-state index contributed by atoms with van der Waals surface area (Å²) in [5, 5.41) is 9.50. The lowest BCUT2D eigenvalue weighted by molar-refractivity contribution is 0.0584. The number of phenols is 1. The monoisotopic (exact) mass is 225 g/mol. The van der Waals surface area contributed by atoms with Gasteiger partial charge in [0.1, 0.15) is 11.3 Å². The number of rotatable bonds is 2. The summed E-state index contributed by atoms with van der Waals surface area (Å²) in [6.45, 7) is 0. The van der Waals surface area contributed by atoms with Crippen molar-refractivity contribution in [3.63, 3.8) is 0 Å². The molecule has 0 heterocycles. The van der Waals surface area contributed by atoms with E-state index in [-0.39, 0.29) is 22.6 Å². The molecule has 1 aromatic carbocycles. The summed E-state index contributed by atoms with van der Waals surface area (Å²) in [7, 11) is 2.36. The number of hydrogen-bond acceptors (Lipinski definition) is 6. The van der Waals surface area contributed by atoms with Crippen molar-refractivity contribution in [1.82, 2.24) is 0 Å². The number of benzene rings is 1. The molecule has 0 bridgehead atoms. The van der Waals surface area contributed by atoms with Gasteiger partial charge >= 0.3 is 11.9 Å². The van der Waals surface area contributed by atoms with Gasteiger partial charge in [-0.05, 0) is 12.1 Å². The van der Waals surface area contributed by atoms with Crippen molar-refractivity contribution < 1.29 is 24.2 Å². The molecule has 0 saturated carbocycles. The van der Waals surface area contributed by atoms with Gasteiger partial charge in [0.15, 0.2) is 0 Å². The largest absolute Gasteiger partial charge is 0.507 e. The first-order valence-corrected chi connectivity index (χ1v) is 4.30. The molecule has 6 nitrogen and oxygen atoms in total. The molecule has 0 radical (unpaired) electrons. The third-order valence-electron chi connectivity index (χ3n) is 1.98. The van der Waals surface area contributed by atoms with Gasteiger partial charge in [0.25, 0.3) is 0 Å². The summed E-state index contributed by atoms with van der Waals surface area (Å²) >= 11 is 0. The number of anilines is 1. The molecule has 0 amide bonds. The zero-order valence-corrected chi connectivity index (χ0v) is 8.81. The number of nitrogens with two attached hydrogens (primary N) is 1. The molecule has 0 unspecified atom stereocenters. The van der Waals surface area contributed by atoms with Crippen LogP contribution in [-0.2, 0) is 9.47 Å². The molecule has 16 heavy (non-hydrogen) atoms. The quantitative estimate of drug-likeness (QED) is 0.433. The Balaban J connectivity index is 3.27. The number of nitrogen functional groups attached to an aromatic ring is 1. The lowest BCUT2D eigenvalue weighted by Crippen LogP contribution is -2.09. The highest BCUT2D eigenvalue weighted by atomic mass is 16.5. The lowest BCUT2D eigenvalue weighted by atomic mass is 10.1. The minimum absolute atomic E-state index is 0.00680. The van der Waals surface area contributed by atoms with Crippen LogP contribution >= 0.6 is 0 Å². The summed E-state index contributed by atoms with van der Waals surface area (Å²) in [6.07, 6.45) is 0. The molecular weight excluding hydrogens is 214 g/mol. The molecule has 0 spiro atoms. The van der Waals surface area contributed by atoms with Crippen LogP contribution in [-0.4, -0.2) is 31.3 Å². The van der Waals surface area contributed by atoms with Crippen LogP contribution in [0, 0.1) is 0 Å². The molecule has 1 rings (SSSR count). The average Bonchev–Trinajstić information content (AvgIpc) is 2.29. The van der Waals surface area contributed by atoms with Crippen LogP contribution in [0.1, 0.15) is 20.7 Å². The van der Waals surface area contributed by atoms with E-state index >= 15 is 0 Å². The van der Waals surface area contributed by atoms with E-state index in [2.05, 4.69) is 9.47 Å². The number of methoxy groups -OCH3 is 2. The maximum absolute atomic E-state index is 11.2. The summed E-state index contributed by atoms with van der Waals surface area (Å²) < 4.78 is 8.88. The molecule has 0 fully saturated rings. The average molecular weight is 225 g/mol. The molecule has 0 atom stereocenters. The Hall–Kier alpha value is -2.24. The molecule has 86 valence electrons. The van der Waals surface area contributed by atoms with Crippen LogP contribution in [0.5, 0.6) is 5.75 Å². The molecule has 6 heteroatoms. The summed E-state index contributed by atoms with van der Waals surface area (Å²) in [4.78, 5) is 22.4. The fourth-order valence-electron chi connectivity index (χ4n) is 1.17. The van der Waals surface area contributed by atoms with E-state index in [9.17, 15) is 14.7 Å². The highest BCUT2D eigenvalue weighted by Gasteiger charge is 2.18. The van der Waals surface area contributed by atoms with Gasteiger partial charge in [-0.2, -0.15) is 0 Å². The van der Waals surface area contributed by atoms with Gasteiger partial charge in [-0.1, -0.05) is 0 Å². The maximum atomic E-state index is 11.2. The topological polar surface area (TPSA) is 98.8 Å². The van der Waals surface area contributed by atoms with Crippen molar-refractivity contribution in [2.75, 3.05) is 20.0 Å². The van der Waals surface area contributed by atoms with Crippen molar-refractivity contribution in [2.24, 2.45) is 0 Å². The maximum Gasteiger partial charge on any atom is 0.341 e. The van der Waals surface area contributed by atoms with E-state index < -0.39 is 11.9 Å². The molecule has 0 aliphatic carbocycles. The van der Waals surface area contributed by atoms with Crippen LogP contribution in [0.2, 0.25) is 0 Å². The summed E-state index contributed by atoms with van der Waals surface area (Å²) in [5.74, 6) is -1.81. The SMILES string of the molecule is COC(=O)c1cc(O)c(C(=O)OC)cc1N. The fourth-order valence-corrected chi connectivity index (χ4v) is 1.17. The van der Waals surface area contributed by atoms with Crippen molar-refractivity contribution in [3.8, 4) is 5.75 Å². The van der Waals surface area contributed by atoms with E-state index in [1.165, 1.54) is 14.2 Å². The standard InChI is InChI=1S/C10H11NO5/c1-15-9(13)5-4-8(12)6(3-7(5)11)10(14)16-2/h3-4,12H,11H2,1-2H3. The first-order valence-electron chi connectivity index (χ1n) is 4.30. The van der Waals surface area contributed by atoms with Crippen LogP contribution < -0.4 is 5.73 Å². The molecule has 3 N–H and O–H groups in total. The lowest BCUT2D eigenvalue weighted by Gasteiger charge is -2.07. The normalized spacial score (nSPS) is 9.62.